The van der Waals surface area contributed by atoms with E-state index >= 15 is 0 Å². The summed E-state index contributed by atoms with van der Waals surface area (Å²) in [6, 6.07) is 53.5. The van der Waals surface area contributed by atoms with Crippen LogP contribution in [-0.2, 0) is 5.41 Å². The third-order valence-corrected chi connectivity index (χ3v) is 12.1. The summed E-state index contributed by atoms with van der Waals surface area (Å²) in [7, 11) is 0. The van der Waals surface area contributed by atoms with Gasteiger partial charge in [0.2, 0.25) is 0 Å². The molecule has 0 aliphatic heterocycles. The Bertz CT molecular complexity index is 3100. The van der Waals surface area contributed by atoms with E-state index in [1.165, 1.54) is 48.0 Å². The van der Waals surface area contributed by atoms with Crippen molar-refractivity contribution in [2.24, 2.45) is 0 Å². The Hall–Kier alpha value is -6.43. The van der Waals surface area contributed by atoms with Gasteiger partial charge >= 0.3 is 0 Å². The number of fused-ring (bicyclic) bond motifs is 9. The molecule has 5 heteroatoms. The van der Waals surface area contributed by atoms with Gasteiger partial charge in [-0.25, -0.2) is 15.0 Å². The molecule has 11 rings (SSSR count). The van der Waals surface area contributed by atoms with Gasteiger partial charge in [-0.05, 0) is 69.8 Å². The van der Waals surface area contributed by atoms with Crippen LogP contribution in [0.2, 0.25) is 0 Å². The fourth-order valence-electron chi connectivity index (χ4n) is 8.37. The quantitative estimate of drug-likeness (QED) is 0.184. The minimum Gasteiger partial charge on any atom is -0.456 e. The molecule has 0 atom stereocenters. The highest BCUT2D eigenvalue weighted by Crippen LogP contribution is 2.50. The van der Waals surface area contributed by atoms with Gasteiger partial charge in [0.15, 0.2) is 17.5 Å². The predicted molar refractivity (Wildman–Crippen MR) is 219 cm³/mol. The summed E-state index contributed by atoms with van der Waals surface area (Å²) in [4.78, 5) is 15.6. The van der Waals surface area contributed by atoms with Gasteiger partial charge in [0.25, 0.3) is 0 Å². The first-order valence-electron chi connectivity index (χ1n) is 17.9. The summed E-state index contributed by atoms with van der Waals surface area (Å²) in [5.74, 6) is 1.89. The van der Waals surface area contributed by atoms with Crippen molar-refractivity contribution < 1.29 is 4.42 Å². The lowest BCUT2D eigenvalue weighted by molar-refractivity contribution is 0.660. The molecule has 10 aromatic rings. The van der Waals surface area contributed by atoms with Gasteiger partial charge in [-0.1, -0.05) is 129 Å². The second-order valence-corrected chi connectivity index (χ2v) is 15.5. The van der Waals surface area contributed by atoms with Crippen LogP contribution in [0, 0.1) is 0 Å². The summed E-state index contributed by atoms with van der Waals surface area (Å²) in [6.07, 6.45) is 0. The zero-order chi connectivity index (χ0) is 35.3. The molecule has 0 bridgehead atoms. The smallest absolute Gasteiger partial charge is 0.164 e. The van der Waals surface area contributed by atoms with E-state index in [9.17, 15) is 0 Å². The van der Waals surface area contributed by atoms with E-state index in [0.29, 0.717) is 17.5 Å². The summed E-state index contributed by atoms with van der Waals surface area (Å²) < 4.78 is 8.96. The van der Waals surface area contributed by atoms with Crippen LogP contribution in [0.3, 0.4) is 0 Å². The molecule has 0 saturated heterocycles. The Morgan fingerprint density at radius 2 is 1.08 bits per heavy atom. The van der Waals surface area contributed by atoms with Crippen LogP contribution in [0.5, 0.6) is 0 Å². The third kappa shape index (κ3) is 4.57. The number of aromatic nitrogens is 3. The molecule has 0 fully saturated rings. The molecular formula is C48H31N3OS. The van der Waals surface area contributed by atoms with Crippen LogP contribution >= 0.6 is 11.3 Å². The van der Waals surface area contributed by atoms with Crippen molar-refractivity contribution in [1.29, 1.82) is 0 Å². The normalized spacial score (nSPS) is 13.2. The van der Waals surface area contributed by atoms with Gasteiger partial charge in [0.1, 0.15) is 11.2 Å². The molecule has 0 unspecified atom stereocenters. The second kappa shape index (κ2) is 11.3. The van der Waals surface area contributed by atoms with E-state index in [0.717, 1.165) is 44.2 Å². The largest absolute Gasteiger partial charge is 0.456 e. The van der Waals surface area contributed by atoms with Gasteiger partial charge in [0, 0.05) is 53.1 Å². The molecule has 0 saturated carbocycles. The summed E-state index contributed by atoms with van der Waals surface area (Å²) in [5, 5.41) is 4.40. The maximum absolute atomic E-state index is 6.51. The van der Waals surface area contributed by atoms with Crippen LogP contribution in [0.1, 0.15) is 25.0 Å². The molecule has 0 spiro atoms. The molecule has 1 aliphatic rings. The van der Waals surface area contributed by atoms with E-state index in [1.54, 1.807) is 11.3 Å². The average molecular weight is 698 g/mol. The minimum atomic E-state index is -0.0754. The second-order valence-electron chi connectivity index (χ2n) is 14.4. The molecular weight excluding hydrogens is 667 g/mol. The van der Waals surface area contributed by atoms with Crippen LogP contribution in [0.25, 0.3) is 98.5 Å². The molecule has 1 aliphatic carbocycles. The first-order chi connectivity index (χ1) is 26.0. The van der Waals surface area contributed by atoms with Crippen LogP contribution in [0.15, 0.2) is 156 Å². The van der Waals surface area contributed by atoms with Crippen molar-refractivity contribution >= 4 is 53.4 Å². The Kier molecular flexibility index (Phi) is 6.43. The fraction of sp³-hybridized carbons (Fsp3) is 0.0625. The first-order valence-corrected chi connectivity index (χ1v) is 18.8. The van der Waals surface area contributed by atoms with Crippen molar-refractivity contribution in [2.45, 2.75) is 19.3 Å². The zero-order valence-electron chi connectivity index (χ0n) is 29.1. The topological polar surface area (TPSA) is 51.8 Å². The highest BCUT2D eigenvalue weighted by Gasteiger charge is 2.35. The summed E-state index contributed by atoms with van der Waals surface area (Å²) in [6.45, 7) is 4.66. The van der Waals surface area contributed by atoms with Crippen molar-refractivity contribution in [3.63, 3.8) is 0 Å². The monoisotopic (exact) mass is 697 g/mol. The number of furan rings is 1. The molecule has 250 valence electrons. The van der Waals surface area contributed by atoms with E-state index < -0.39 is 0 Å². The minimum absolute atomic E-state index is 0.0754. The molecule has 4 nitrogen and oxygen atoms in total. The lowest BCUT2D eigenvalue weighted by Crippen LogP contribution is -2.14. The van der Waals surface area contributed by atoms with Crippen LogP contribution in [-0.4, -0.2) is 15.0 Å². The first kappa shape index (κ1) is 30.2. The molecule has 3 heterocycles. The van der Waals surface area contributed by atoms with E-state index in [1.807, 2.05) is 30.3 Å². The highest BCUT2D eigenvalue weighted by atomic mass is 32.1. The number of benzene rings is 7. The maximum atomic E-state index is 6.51. The number of hydrogen-bond donors (Lipinski definition) is 0. The number of thiophene rings is 1. The van der Waals surface area contributed by atoms with Crippen LogP contribution < -0.4 is 0 Å². The summed E-state index contributed by atoms with van der Waals surface area (Å²) in [5.41, 5.74) is 12.1. The number of hydrogen-bond acceptors (Lipinski definition) is 5. The lowest BCUT2D eigenvalue weighted by Gasteiger charge is -2.22. The van der Waals surface area contributed by atoms with Crippen LogP contribution in [0.4, 0.5) is 0 Å². The van der Waals surface area contributed by atoms with E-state index in [4.69, 9.17) is 19.4 Å². The zero-order valence-corrected chi connectivity index (χ0v) is 29.9. The van der Waals surface area contributed by atoms with E-state index in [-0.39, 0.29) is 5.41 Å². The lowest BCUT2D eigenvalue weighted by atomic mass is 9.81. The average Bonchev–Trinajstić information content (AvgIpc) is 3.85. The van der Waals surface area contributed by atoms with Crippen molar-refractivity contribution in [2.75, 3.05) is 0 Å². The SMILES string of the molecule is CC1(C)c2ccccc2-c2ccc(-c3ccc4oc5cccc(-c6nc(-c7ccccc7)nc(-c7cccc8sc9ccccc9c78)n6)c5c4c3)cc21. The van der Waals surface area contributed by atoms with Crippen molar-refractivity contribution in [3.8, 4) is 56.4 Å². The highest BCUT2D eigenvalue weighted by molar-refractivity contribution is 7.25. The van der Waals surface area contributed by atoms with Gasteiger partial charge in [0.05, 0.1) is 0 Å². The number of rotatable bonds is 4. The summed E-state index contributed by atoms with van der Waals surface area (Å²) >= 11 is 1.80. The molecule has 53 heavy (non-hydrogen) atoms. The molecule has 0 radical (unpaired) electrons. The van der Waals surface area contributed by atoms with Crippen molar-refractivity contribution in [3.05, 3.63) is 163 Å². The Morgan fingerprint density at radius 1 is 0.434 bits per heavy atom. The molecule has 7 aromatic carbocycles. The van der Waals surface area contributed by atoms with Gasteiger partial charge in [-0.15, -0.1) is 11.3 Å². The Morgan fingerprint density at radius 3 is 1.94 bits per heavy atom. The third-order valence-electron chi connectivity index (χ3n) is 11.0. The van der Waals surface area contributed by atoms with Gasteiger partial charge < -0.3 is 4.42 Å². The Balaban J connectivity index is 1.12. The van der Waals surface area contributed by atoms with E-state index in [2.05, 4.69) is 135 Å². The fourth-order valence-corrected chi connectivity index (χ4v) is 9.50. The maximum Gasteiger partial charge on any atom is 0.164 e. The molecule has 3 aromatic heterocycles. The van der Waals surface area contributed by atoms with Crippen molar-refractivity contribution in [1.82, 2.24) is 15.0 Å². The standard InChI is InChI=1S/C48H31N3OS/c1-48(2)37-18-8-6-14-31(37)32-24-22-30(27-38(32)48)29-23-25-39-36(26-29)43-34(16-10-19-40(43)52-39)46-49-45(28-12-4-3-5-13-28)50-47(51-46)35-17-11-21-42-44(35)33-15-7-9-20-41(33)53-42/h3-27H,1-2H3. The molecule has 0 N–H and O–H groups in total. The Labute approximate surface area is 310 Å². The predicted octanol–water partition coefficient (Wildman–Crippen LogP) is 13.1. The molecule has 0 amide bonds. The van der Waals surface area contributed by atoms with Gasteiger partial charge in [-0.2, -0.15) is 0 Å². The number of nitrogens with zero attached hydrogens (tertiary/aromatic N) is 3. The van der Waals surface area contributed by atoms with Gasteiger partial charge in [-0.3, -0.25) is 0 Å².